The first-order chi connectivity index (χ1) is 9.60. The zero-order valence-corrected chi connectivity index (χ0v) is 13.1. The van der Waals surface area contributed by atoms with Crippen LogP contribution < -0.4 is 4.90 Å². The van der Waals surface area contributed by atoms with Gasteiger partial charge in [0.2, 0.25) is 0 Å². The quantitative estimate of drug-likeness (QED) is 0.895. The van der Waals surface area contributed by atoms with E-state index in [1.807, 2.05) is 0 Å². The van der Waals surface area contributed by atoms with Crippen LogP contribution in [0.5, 0.6) is 0 Å². The highest BCUT2D eigenvalue weighted by atomic mass is 16.3. The van der Waals surface area contributed by atoms with Gasteiger partial charge in [-0.15, -0.1) is 0 Å². The van der Waals surface area contributed by atoms with E-state index in [4.69, 9.17) is 0 Å². The van der Waals surface area contributed by atoms with Crippen molar-refractivity contribution < 1.29 is 5.11 Å². The van der Waals surface area contributed by atoms with Crippen LogP contribution in [-0.2, 0) is 0 Å². The smallest absolute Gasteiger partial charge is 0.0667 e. The summed E-state index contributed by atoms with van der Waals surface area (Å²) in [4.78, 5) is 4.84. The van der Waals surface area contributed by atoms with Gasteiger partial charge >= 0.3 is 0 Å². The number of aliphatic hydroxyl groups is 1. The van der Waals surface area contributed by atoms with E-state index in [2.05, 4.69) is 48.8 Å². The molecule has 0 spiro atoms. The van der Waals surface area contributed by atoms with Gasteiger partial charge in [-0.3, -0.25) is 4.90 Å². The molecule has 112 valence electrons. The highest BCUT2D eigenvalue weighted by molar-refractivity contribution is 5.51. The molecule has 1 atom stereocenters. The van der Waals surface area contributed by atoms with Gasteiger partial charge in [0.25, 0.3) is 0 Å². The highest BCUT2D eigenvalue weighted by Crippen LogP contribution is 2.20. The van der Waals surface area contributed by atoms with Gasteiger partial charge in [0.15, 0.2) is 0 Å². The molecule has 0 aliphatic carbocycles. The number of aliphatic hydroxyl groups excluding tert-OH is 1. The third-order valence-corrected chi connectivity index (χ3v) is 4.32. The molecule has 1 N–H and O–H groups in total. The molecule has 20 heavy (non-hydrogen) atoms. The summed E-state index contributed by atoms with van der Waals surface area (Å²) in [6.07, 6.45) is 1.81. The van der Waals surface area contributed by atoms with Gasteiger partial charge in [0, 0.05) is 38.4 Å². The van der Waals surface area contributed by atoms with Gasteiger partial charge in [0.1, 0.15) is 0 Å². The summed E-state index contributed by atoms with van der Waals surface area (Å²) in [5.74, 6) is 0. The molecule has 1 heterocycles. The molecule has 1 aromatic carbocycles. The van der Waals surface area contributed by atoms with Gasteiger partial charge in [0.05, 0.1) is 6.10 Å². The average Bonchev–Trinajstić information content (AvgIpc) is 2.43. The molecule has 3 nitrogen and oxygen atoms in total. The monoisotopic (exact) mass is 276 g/mol. The highest BCUT2D eigenvalue weighted by Gasteiger charge is 2.19. The largest absolute Gasteiger partial charge is 0.392 e. The predicted molar refractivity (Wildman–Crippen MR) is 85.5 cm³/mol. The van der Waals surface area contributed by atoms with Crippen LogP contribution in [0, 0.1) is 13.8 Å². The maximum absolute atomic E-state index is 9.90. The Kier molecular flexibility index (Phi) is 5.44. The van der Waals surface area contributed by atoms with Crippen molar-refractivity contribution >= 4 is 5.69 Å². The van der Waals surface area contributed by atoms with Crippen LogP contribution in [0.3, 0.4) is 0 Å². The maximum atomic E-state index is 9.90. The normalized spacial score (nSPS) is 18.3. The van der Waals surface area contributed by atoms with Crippen molar-refractivity contribution in [1.29, 1.82) is 0 Å². The van der Waals surface area contributed by atoms with E-state index in [1.165, 1.54) is 16.8 Å². The first-order valence-electron chi connectivity index (χ1n) is 7.82. The molecule has 2 rings (SSSR count). The minimum absolute atomic E-state index is 0.159. The topological polar surface area (TPSA) is 26.7 Å². The van der Waals surface area contributed by atoms with Crippen molar-refractivity contribution in [1.82, 2.24) is 4.90 Å². The second kappa shape index (κ2) is 7.09. The number of anilines is 1. The van der Waals surface area contributed by atoms with Crippen molar-refractivity contribution in [3.8, 4) is 0 Å². The molecule has 0 amide bonds. The Labute approximate surface area is 123 Å². The lowest BCUT2D eigenvalue weighted by atomic mass is 10.1. The molecule has 0 bridgehead atoms. The molecular weight excluding hydrogens is 248 g/mol. The Bertz CT molecular complexity index is 425. The third-order valence-electron chi connectivity index (χ3n) is 4.32. The number of hydrogen-bond acceptors (Lipinski definition) is 3. The number of nitrogens with zero attached hydrogens (tertiary/aromatic N) is 2. The first kappa shape index (κ1) is 15.3. The van der Waals surface area contributed by atoms with E-state index in [1.54, 1.807) is 0 Å². The predicted octanol–water partition coefficient (Wildman–Crippen LogP) is 2.59. The molecule has 3 heteroatoms. The fourth-order valence-electron chi connectivity index (χ4n) is 2.83. The fraction of sp³-hybridized carbons (Fsp3) is 0.647. The number of rotatable bonds is 5. The van der Waals surface area contributed by atoms with Gasteiger partial charge < -0.3 is 10.0 Å². The third kappa shape index (κ3) is 3.97. The van der Waals surface area contributed by atoms with E-state index in [-0.39, 0.29) is 6.10 Å². The van der Waals surface area contributed by atoms with E-state index >= 15 is 0 Å². The van der Waals surface area contributed by atoms with Crippen molar-refractivity contribution in [2.45, 2.75) is 39.7 Å². The Morgan fingerprint density at radius 1 is 1.10 bits per heavy atom. The molecule has 1 fully saturated rings. The molecular formula is C17H28N2O. The summed E-state index contributed by atoms with van der Waals surface area (Å²) >= 11 is 0. The summed E-state index contributed by atoms with van der Waals surface area (Å²) in [6, 6.07) is 6.73. The minimum atomic E-state index is -0.159. The fourth-order valence-corrected chi connectivity index (χ4v) is 2.83. The maximum Gasteiger partial charge on any atom is 0.0667 e. The Hall–Kier alpha value is -1.06. The molecule has 1 aliphatic rings. The van der Waals surface area contributed by atoms with Gasteiger partial charge in [-0.1, -0.05) is 19.4 Å². The van der Waals surface area contributed by atoms with Crippen molar-refractivity contribution in [3.63, 3.8) is 0 Å². The van der Waals surface area contributed by atoms with Crippen LogP contribution >= 0.6 is 0 Å². The number of piperazine rings is 1. The number of benzene rings is 1. The summed E-state index contributed by atoms with van der Waals surface area (Å²) in [6.45, 7) is 11.5. The van der Waals surface area contributed by atoms with Crippen molar-refractivity contribution in [2.75, 3.05) is 37.6 Å². The van der Waals surface area contributed by atoms with Crippen LogP contribution in [0.15, 0.2) is 18.2 Å². The van der Waals surface area contributed by atoms with Crippen LogP contribution in [0.1, 0.15) is 30.9 Å². The van der Waals surface area contributed by atoms with E-state index in [0.717, 1.165) is 45.6 Å². The Morgan fingerprint density at radius 3 is 2.40 bits per heavy atom. The van der Waals surface area contributed by atoms with Crippen LogP contribution in [0.25, 0.3) is 0 Å². The number of aryl methyl sites for hydroxylation is 2. The molecule has 0 aromatic heterocycles. The zero-order chi connectivity index (χ0) is 14.5. The minimum Gasteiger partial charge on any atom is -0.392 e. The van der Waals surface area contributed by atoms with E-state index in [0.29, 0.717) is 0 Å². The lowest BCUT2D eigenvalue weighted by molar-refractivity contribution is 0.101. The summed E-state index contributed by atoms with van der Waals surface area (Å²) < 4.78 is 0. The lowest BCUT2D eigenvalue weighted by Crippen LogP contribution is -2.48. The van der Waals surface area contributed by atoms with E-state index < -0.39 is 0 Å². The molecule has 0 radical (unpaired) electrons. The molecule has 1 unspecified atom stereocenters. The van der Waals surface area contributed by atoms with Crippen molar-refractivity contribution in [3.05, 3.63) is 29.3 Å². The number of hydrogen-bond donors (Lipinski definition) is 1. The molecule has 0 saturated carbocycles. The zero-order valence-electron chi connectivity index (χ0n) is 13.1. The summed E-state index contributed by atoms with van der Waals surface area (Å²) in [5, 5.41) is 9.90. The molecule has 1 saturated heterocycles. The standard InChI is InChI=1S/C17H28N2O/c1-4-5-17(20)13-18-8-10-19(11-9-18)16-7-6-14(2)15(3)12-16/h6-7,12,17,20H,4-5,8-11,13H2,1-3H3. The van der Waals surface area contributed by atoms with Crippen LogP contribution in [0.2, 0.25) is 0 Å². The second-order valence-electron chi connectivity index (χ2n) is 6.00. The van der Waals surface area contributed by atoms with E-state index in [9.17, 15) is 5.11 Å². The lowest BCUT2D eigenvalue weighted by Gasteiger charge is -2.37. The van der Waals surface area contributed by atoms with Crippen LogP contribution in [0.4, 0.5) is 5.69 Å². The van der Waals surface area contributed by atoms with Gasteiger partial charge in [-0.05, 0) is 43.5 Å². The van der Waals surface area contributed by atoms with Gasteiger partial charge in [-0.25, -0.2) is 0 Å². The van der Waals surface area contributed by atoms with Gasteiger partial charge in [-0.2, -0.15) is 0 Å². The van der Waals surface area contributed by atoms with Crippen LogP contribution in [-0.4, -0.2) is 48.8 Å². The average molecular weight is 276 g/mol. The Balaban J connectivity index is 1.86. The molecule has 1 aromatic rings. The Morgan fingerprint density at radius 2 is 1.80 bits per heavy atom. The summed E-state index contributed by atoms with van der Waals surface area (Å²) in [5.41, 5.74) is 4.06. The van der Waals surface area contributed by atoms with Crippen molar-refractivity contribution in [2.24, 2.45) is 0 Å². The first-order valence-corrected chi connectivity index (χ1v) is 7.82. The second-order valence-corrected chi connectivity index (χ2v) is 6.00. The number of β-amino-alcohol motifs (C(OH)–C–C–N with tert-alkyl or cyclic N) is 1. The molecule has 1 aliphatic heterocycles. The SMILES string of the molecule is CCCC(O)CN1CCN(c2ccc(C)c(C)c2)CC1. The summed E-state index contributed by atoms with van der Waals surface area (Å²) in [7, 11) is 0.